The van der Waals surface area contributed by atoms with Crippen LogP contribution in [0.4, 0.5) is 34.1 Å². The normalized spacial score (nSPS) is 10.1. The number of hydrogen-bond acceptors (Lipinski definition) is 6. The van der Waals surface area contributed by atoms with Crippen LogP contribution in [0.2, 0.25) is 0 Å². The van der Waals surface area contributed by atoms with Crippen LogP contribution in [0.3, 0.4) is 0 Å². The van der Waals surface area contributed by atoms with Crippen molar-refractivity contribution in [3.63, 3.8) is 0 Å². The third kappa shape index (κ3) is 6.90. The molecule has 0 bridgehead atoms. The zero-order valence-electron chi connectivity index (χ0n) is 22.8. The SMILES string of the molecule is [N-3].[NH3+]c1ccc2ccccc2c1[N+](=O)[O-].[NH3+]c1ccc2ccccc2c1[N+](=O)[O-].[NH3+]c1ccc2ccccc2c1[N+](=O)[O-]. The fraction of sp³-hybridized carbons (Fsp3) is 0. The van der Waals surface area contributed by atoms with Crippen molar-refractivity contribution < 1.29 is 32.0 Å². The van der Waals surface area contributed by atoms with Crippen molar-refractivity contribution >= 4 is 66.4 Å². The Bertz CT molecular complexity index is 1750. The highest BCUT2D eigenvalue weighted by molar-refractivity contribution is 5.96. The van der Waals surface area contributed by atoms with Crippen LogP contribution >= 0.6 is 0 Å². The Hall–Kier alpha value is -5.86. The molecule has 6 rings (SSSR count). The number of fused-ring (bicyclic) bond motifs is 3. The number of rotatable bonds is 3. The van der Waals surface area contributed by atoms with Gasteiger partial charge < -0.3 is 23.4 Å². The minimum Gasteiger partial charge on any atom is -3.00 e. The van der Waals surface area contributed by atoms with Crippen LogP contribution in [0.25, 0.3) is 38.5 Å². The molecule has 9 N–H and O–H groups in total. The second kappa shape index (κ2) is 13.7. The van der Waals surface area contributed by atoms with E-state index in [-0.39, 0.29) is 38.0 Å². The topological polar surface area (TPSA) is 243 Å². The Kier molecular flexibility index (Phi) is 10.1. The van der Waals surface area contributed by atoms with Crippen molar-refractivity contribution in [2.45, 2.75) is 0 Å². The fourth-order valence-corrected chi connectivity index (χ4v) is 4.55. The molecule has 0 amide bonds. The summed E-state index contributed by atoms with van der Waals surface area (Å²) in [5.74, 6) is 0. The van der Waals surface area contributed by atoms with Gasteiger partial charge in [-0.25, -0.2) is 0 Å². The Balaban J connectivity index is 0.000000175. The molecule has 0 fully saturated rings. The zero-order valence-corrected chi connectivity index (χ0v) is 22.8. The minimum absolute atomic E-state index is 0. The van der Waals surface area contributed by atoms with Gasteiger partial charge in [0.1, 0.15) is 0 Å². The number of nitro benzene ring substituents is 3. The van der Waals surface area contributed by atoms with E-state index in [1.807, 2.05) is 54.6 Å². The molecule has 0 radical (unpaired) electrons. The number of nitrogens with zero attached hydrogens (tertiary/aromatic N) is 4. The number of quaternary nitrogens is 3. The van der Waals surface area contributed by atoms with E-state index in [0.29, 0.717) is 33.2 Å². The lowest BCUT2D eigenvalue weighted by Gasteiger charge is -3.00. The smallest absolute Gasteiger partial charge is 0.336 e. The van der Waals surface area contributed by atoms with Crippen molar-refractivity contribution in [2.75, 3.05) is 0 Å². The summed E-state index contributed by atoms with van der Waals surface area (Å²) in [5, 5.41) is 36.9. The molecule has 0 saturated carbocycles. The highest BCUT2D eigenvalue weighted by Gasteiger charge is 2.20. The summed E-state index contributed by atoms with van der Waals surface area (Å²) in [4.78, 5) is 31.3. The zero-order chi connectivity index (χ0) is 30.4. The Labute approximate surface area is 244 Å². The summed E-state index contributed by atoms with van der Waals surface area (Å²) < 4.78 is 0. The summed E-state index contributed by atoms with van der Waals surface area (Å²) in [6, 6.07) is 32.2. The first kappa shape index (κ1) is 31.7. The van der Waals surface area contributed by atoms with Gasteiger partial charge in [-0.15, -0.1) is 0 Å². The molecule has 0 aliphatic heterocycles. The molecule has 0 aromatic heterocycles. The highest BCUT2D eigenvalue weighted by Crippen LogP contribution is 2.31. The van der Waals surface area contributed by atoms with Gasteiger partial charge in [0.15, 0.2) is 0 Å². The third-order valence-electron chi connectivity index (χ3n) is 6.50. The summed E-state index contributed by atoms with van der Waals surface area (Å²) in [6.45, 7) is 0. The average Bonchev–Trinajstić information content (AvgIpc) is 2.97. The molecule has 13 heteroatoms. The summed E-state index contributed by atoms with van der Waals surface area (Å²) in [7, 11) is 0. The van der Waals surface area contributed by atoms with E-state index in [1.165, 1.54) is 0 Å². The fourth-order valence-electron chi connectivity index (χ4n) is 4.55. The predicted octanol–water partition coefficient (Wildman–Crippen LogP) is 5.15. The van der Waals surface area contributed by atoms with E-state index in [9.17, 15) is 30.3 Å². The number of benzene rings is 6. The van der Waals surface area contributed by atoms with Gasteiger partial charge in [-0.05, 0) is 52.6 Å². The van der Waals surface area contributed by atoms with Gasteiger partial charge in [0, 0.05) is 18.2 Å². The molecule has 0 aliphatic carbocycles. The van der Waals surface area contributed by atoms with Gasteiger partial charge in [0.25, 0.3) is 0 Å². The minimum atomic E-state index is -0.384. The molecule has 13 nitrogen and oxygen atoms in total. The first-order valence-electron chi connectivity index (χ1n) is 12.5. The van der Waals surface area contributed by atoms with Crippen LogP contribution in [0.15, 0.2) is 109 Å². The quantitative estimate of drug-likeness (QED) is 0.188. The van der Waals surface area contributed by atoms with E-state index in [0.717, 1.165) is 16.2 Å². The van der Waals surface area contributed by atoms with Crippen LogP contribution in [0.5, 0.6) is 0 Å². The maximum Gasteiger partial charge on any atom is 0.336 e. The second-order valence-electron chi connectivity index (χ2n) is 9.15. The largest absolute Gasteiger partial charge is 3.00 e. The molecule has 0 aliphatic rings. The molecule has 0 heterocycles. The van der Waals surface area contributed by atoms with E-state index < -0.39 is 0 Å². The van der Waals surface area contributed by atoms with Crippen molar-refractivity contribution in [1.82, 2.24) is 0 Å². The van der Waals surface area contributed by atoms with Crippen LogP contribution in [-0.2, 0) is 0 Å². The molecule has 218 valence electrons. The Morgan fingerprint density at radius 1 is 0.395 bits per heavy atom. The Morgan fingerprint density at radius 2 is 0.628 bits per heavy atom. The monoisotopic (exact) mass is 581 g/mol. The number of hydrogen-bond donors (Lipinski definition) is 3. The second-order valence-corrected chi connectivity index (χ2v) is 9.15. The molecule has 0 saturated heterocycles. The molecular weight excluding hydrogens is 554 g/mol. The first-order valence-corrected chi connectivity index (χ1v) is 12.5. The maximum absolute atomic E-state index is 10.8. The van der Waals surface area contributed by atoms with Gasteiger partial charge in [-0.1, -0.05) is 54.6 Å². The molecule has 0 unspecified atom stereocenters. The van der Waals surface area contributed by atoms with E-state index in [1.54, 1.807) is 54.6 Å². The van der Waals surface area contributed by atoms with Crippen molar-refractivity contribution in [1.29, 1.82) is 0 Å². The van der Waals surface area contributed by atoms with Gasteiger partial charge >= 0.3 is 17.1 Å². The van der Waals surface area contributed by atoms with Gasteiger partial charge in [-0.2, -0.15) is 0 Å². The van der Waals surface area contributed by atoms with Crippen molar-refractivity contribution in [3.05, 3.63) is 146 Å². The van der Waals surface area contributed by atoms with Crippen LogP contribution in [0.1, 0.15) is 0 Å². The standard InChI is InChI=1S/3C10H8N2O2.N/c3*11-9-6-5-7-3-1-2-4-8(7)10(9)12(13)14;/h3*1-6H,11H2;/q;;;-3/p+3. The molecule has 43 heavy (non-hydrogen) atoms. The lowest BCUT2D eigenvalue weighted by Crippen LogP contribution is -2.40. The Morgan fingerprint density at radius 3 is 0.860 bits per heavy atom. The van der Waals surface area contributed by atoms with Crippen LogP contribution in [0, 0.1) is 30.3 Å². The average molecular weight is 582 g/mol. The van der Waals surface area contributed by atoms with Gasteiger partial charge in [-0.3, -0.25) is 30.3 Å². The first-order chi connectivity index (χ1) is 20.1. The summed E-state index contributed by atoms with van der Waals surface area (Å²) in [6.07, 6.45) is 0. The van der Waals surface area contributed by atoms with Gasteiger partial charge in [0.2, 0.25) is 17.1 Å². The number of nitro groups is 3. The van der Waals surface area contributed by atoms with Crippen LogP contribution in [-0.4, -0.2) is 14.8 Å². The molecule has 6 aromatic rings. The molecule has 6 aromatic carbocycles. The van der Waals surface area contributed by atoms with Crippen molar-refractivity contribution in [3.8, 4) is 0 Å². The van der Waals surface area contributed by atoms with E-state index in [4.69, 9.17) is 0 Å². The van der Waals surface area contributed by atoms with Crippen molar-refractivity contribution in [2.24, 2.45) is 0 Å². The molecular formula is C30H27N7O6. The molecule has 0 spiro atoms. The third-order valence-corrected chi connectivity index (χ3v) is 6.50. The molecule has 0 atom stereocenters. The highest BCUT2D eigenvalue weighted by atomic mass is 16.6. The van der Waals surface area contributed by atoms with Crippen LogP contribution < -0.4 is 17.2 Å². The van der Waals surface area contributed by atoms with Gasteiger partial charge in [0.05, 0.1) is 30.9 Å². The lowest BCUT2D eigenvalue weighted by molar-refractivity contribution is -0.393. The summed E-state index contributed by atoms with van der Waals surface area (Å²) in [5.41, 5.74) is 12.6. The summed E-state index contributed by atoms with van der Waals surface area (Å²) >= 11 is 0. The predicted molar refractivity (Wildman–Crippen MR) is 163 cm³/mol. The van der Waals surface area contributed by atoms with E-state index >= 15 is 0 Å². The van der Waals surface area contributed by atoms with E-state index in [2.05, 4.69) is 17.2 Å². The lowest BCUT2D eigenvalue weighted by atomic mass is 10.1. The maximum atomic E-state index is 10.8.